The van der Waals surface area contributed by atoms with Crippen LogP contribution in [0.15, 0.2) is 30.3 Å². The molecule has 16 heavy (non-hydrogen) atoms. The fourth-order valence-corrected chi connectivity index (χ4v) is 1.36. The Hall–Kier alpha value is -1.95. The number of nitrogens with two attached hydrogens (primary N) is 1. The number of nitrogens with zero attached hydrogens (tertiary/aromatic N) is 1. The summed E-state index contributed by atoms with van der Waals surface area (Å²) in [7, 11) is 0. The third kappa shape index (κ3) is 3.03. The Morgan fingerprint density at radius 3 is 2.44 bits per heavy atom. The topological polar surface area (TPSA) is 106 Å². The summed E-state index contributed by atoms with van der Waals surface area (Å²) in [5.41, 5.74) is 5.75. The number of benzene rings is 1. The van der Waals surface area contributed by atoms with Crippen molar-refractivity contribution >= 4 is 5.97 Å². The molecule has 0 heterocycles. The highest BCUT2D eigenvalue weighted by Crippen LogP contribution is 2.21. The summed E-state index contributed by atoms with van der Waals surface area (Å²) in [5, 5.41) is 19.4. The summed E-state index contributed by atoms with van der Waals surface area (Å²) in [6.45, 7) is 0. The zero-order valence-electron chi connectivity index (χ0n) is 8.45. The standard InChI is InChI=1S/C10H12N2O4/c11-8(10(13)14)6-9(12(15)16)7-4-2-1-3-5-7/h1-5,8-9H,6,11H2,(H,13,14)/t8-,9?/m0/s1. The van der Waals surface area contributed by atoms with Crippen LogP contribution in [-0.2, 0) is 4.79 Å². The highest BCUT2D eigenvalue weighted by molar-refractivity contribution is 5.73. The Labute approximate surface area is 91.8 Å². The molecule has 2 atom stereocenters. The molecule has 6 heteroatoms. The quantitative estimate of drug-likeness (QED) is 0.568. The molecule has 1 unspecified atom stereocenters. The summed E-state index contributed by atoms with van der Waals surface area (Å²) in [6.07, 6.45) is -0.216. The molecule has 0 aliphatic carbocycles. The highest BCUT2D eigenvalue weighted by atomic mass is 16.6. The van der Waals surface area contributed by atoms with Crippen LogP contribution in [0.25, 0.3) is 0 Å². The van der Waals surface area contributed by atoms with Crippen LogP contribution < -0.4 is 5.73 Å². The molecule has 1 aromatic rings. The van der Waals surface area contributed by atoms with E-state index in [0.717, 1.165) is 0 Å². The van der Waals surface area contributed by atoms with Gasteiger partial charge in [-0.3, -0.25) is 14.9 Å². The first kappa shape index (κ1) is 12.1. The predicted molar refractivity (Wildman–Crippen MR) is 56.4 cm³/mol. The summed E-state index contributed by atoms with van der Waals surface area (Å²) in [6, 6.07) is 5.93. The lowest BCUT2D eigenvalue weighted by molar-refractivity contribution is -0.530. The largest absolute Gasteiger partial charge is 0.480 e. The van der Waals surface area contributed by atoms with Crippen molar-refractivity contribution in [2.75, 3.05) is 0 Å². The SMILES string of the molecule is N[C@@H](CC(c1ccccc1)[N+](=O)[O-])C(=O)O. The number of aliphatic carboxylic acids is 1. The molecule has 0 bridgehead atoms. The van der Waals surface area contributed by atoms with Crippen LogP contribution in [0, 0.1) is 10.1 Å². The normalized spacial score (nSPS) is 14.1. The van der Waals surface area contributed by atoms with Crippen molar-refractivity contribution in [3.05, 3.63) is 46.0 Å². The van der Waals surface area contributed by atoms with E-state index in [1.165, 1.54) is 0 Å². The fraction of sp³-hybridized carbons (Fsp3) is 0.300. The van der Waals surface area contributed by atoms with E-state index in [1.807, 2.05) is 0 Å². The predicted octanol–water partition coefficient (Wildman–Crippen LogP) is 0.806. The van der Waals surface area contributed by atoms with Crippen molar-refractivity contribution in [2.24, 2.45) is 5.73 Å². The van der Waals surface area contributed by atoms with Crippen LogP contribution >= 0.6 is 0 Å². The molecule has 0 amide bonds. The number of carboxylic acid groups (broad SMARTS) is 1. The number of carbonyl (C=O) groups is 1. The van der Waals surface area contributed by atoms with Crippen molar-refractivity contribution in [1.82, 2.24) is 0 Å². The Morgan fingerprint density at radius 1 is 1.44 bits per heavy atom. The van der Waals surface area contributed by atoms with Gasteiger partial charge in [-0.1, -0.05) is 30.3 Å². The minimum absolute atomic E-state index is 0.216. The van der Waals surface area contributed by atoms with Crippen LogP contribution in [0.4, 0.5) is 0 Å². The lowest BCUT2D eigenvalue weighted by Gasteiger charge is -2.12. The first-order chi connectivity index (χ1) is 7.52. The molecule has 0 fully saturated rings. The van der Waals surface area contributed by atoms with Crippen LogP contribution in [0.2, 0.25) is 0 Å². The number of hydrogen-bond donors (Lipinski definition) is 2. The molecular weight excluding hydrogens is 212 g/mol. The maximum Gasteiger partial charge on any atom is 0.320 e. The zero-order chi connectivity index (χ0) is 12.1. The maximum atomic E-state index is 10.8. The lowest BCUT2D eigenvalue weighted by Crippen LogP contribution is -2.33. The van der Waals surface area contributed by atoms with E-state index in [0.29, 0.717) is 5.56 Å². The van der Waals surface area contributed by atoms with Gasteiger partial charge >= 0.3 is 5.97 Å². The van der Waals surface area contributed by atoms with Gasteiger partial charge in [-0.2, -0.15) is 0 Å². The number of nitro groups is 1. The van der Waals surface area contributed by atoms with Gasteiger partial charge in [-0.05, 0) is 0 Å². The average Bonchev–Trinajstić information content (AvgIpc) is 2.26. The van der Waals surface area contributed by atoms with Gasteiger partial charge in [-0.15, -0.1) is 0 Å². The minimum atomic E-state index is -1.23. The molecule has 0 saturated carbocycles. The molecule has 0 aliphatic heterocycles. The van der Waals surface area contributed by atoms with Crippen molar-refractivity contribution in [2.45, 2.75) is 18.5 Å². The van der Waals surface area contributed by atoms with Crippen LogP contribution in [-0.4, -0.2) is 22.0 Å². The molecule has 86 valence electrons. The van der Waals surface area contributed by atoms with E-state index in [4.69, 9.17) is 10.8 Å². The molecule has 1 rings (SSSR count). The van der Waals surface area contributed by atoms with Gasteiger partial charge < -0.3 is 10.8 Å². The molecule has 0 spiro atoms. The van der Waals surface area contributed by atoms with Crippen molar-refractivity contribution < 1.29 is 14.8 Å². The number of carboxylic acids is 1. The van der Waals surface area contributed by atoms with Gasteiger partial charge in [0, 0.05) is 16.9 Å². The third-order valence-electron chi connectivity index (χ3n) is 2.23. The fourth-order valence-electron chi connectivity index (χ4n) is 1.36. The van der Waals surface area contributed by atoms with E-state index >= 15 is 0 Å². The van der Waals surface area contributed by atoms with Crippen LogP contribution in [0.5, 0.6) is 0 Å². The van der Waals surface area contributed by atoms with Gasteiger partial charge in [0.15, 0.2) is 0 Å². The van der Waals surface area contributed by atoms with E-state index in [1.54, 1.807) is 30.3 Å². The van der Waals surface area contributed by atoms with Crippen LogP contribution in [0.3, 0.4) is 0 Å². The van der Waals surface area contributed by atoms with Gasteiger partial charge in [0.1, 0.15) is 6.04 Å². The lowest BCUT2D eigenvalue weighted by atomic mass is 10.0. The molecule has 1 aromatic carbocycles. The first-order valence-electron chi connectivity index (χ1n) is 4.69. The summed E-state index contributed by atoms with van der Waals surface area (Å²) in [4.78, 5) is 20.8. The molecule has 0 saturated heterocycles. The maximum absolute atomic E-state index is 10.8. The molecule has 0 radical (unpaired) electrons. The van der Waals surface area contributed by atoms with Crippen molar-refractivity contribution in [3.63, 3.8) is 0 Å². The second-order valence-corrected chi connectivity index (χ2v) is 3.39. The monoisotopic (exact) mass is 224 g/mol. The van der Waals surface area contributed by atoms with E-state index in [2.05, 4.69) is 0 Å². The molecule has 0 aliphatic rings. The average molecular weight is 224 g/mol. The Balaban J connectivity index is 2.85. The summed E-state index contributed by atoms with van der Waals surface area (Å²) in [5.74, 6) is -1.23. The number of hydrogen-bond acceptors (Lipinski definition) is 4. The van der Waals surface area contributed by atoms with E-state index in [9.17, 15) is 14.9 Å². The smallest absolute Gasteiger partial charge is 0.320 e. The third-order valence-corrected chi connectivity index (χ3v) is 2.23. The Bertz CT molecular complexity index is 380. The minimum Gasteiger partial charge on any atom is -0.480 e. The summed E-state index contributed by atoms with van der Waals surface area (Å²) >= 11 is 0. The van der Waals surface area contributed by atoms with Gasteiger partial charge in [0.05, 0.1) is 0 Å². The van der Waals surface area contributed by atoms with Crippen molar-refractivity contribution in [3.8, 4) is 0 Å². The highest BCUT2D eigenvalue weighted by Gasteiger charge is 2.28. The summed E-state index contributed by atoms with van der Waals surface area (Å²) < 4.78 is 0. The van der Waals surface area contributed by atoms with Gasteiger partial charge in [0.2, 0.25) is 6.04 Å². The Morgan fingerprint density at radius 2 is 2.00 bits per heavy atom. The van der Waals surface area contributed by atoms with E-state index in [-0.39, 0.29) is 6.42 Å². The Kier molecular flexibility index (Phi) is 3.96. The molecule has 0 aromatic heterocycles. The van der Waals surface area contributed by atoms with Crippen molar-refractivity contribution in [1.29, 1.82) is 0 Å². The first-order valence-corrected chi connectivity index (χ1v) is 4.69. The van der Waals surface area contributed by atoms with Crippen LogP contribution in [0.1, 0.15) is 18.0 Å². The second-order valence-electron chi connectivity index (χ2n) is 3.39. The van der Waals surface area contributed by atoms with Gasteiger partial charge in [-0.25, -0.2) is 0 Å². The molecule has 6 nitrogen and oxygen atoms in total. The second kappa shape index (κ2) is 5.22. The zero-order valence-corrected chi connectivity index (χ0v) is 8.45. The van der Waals surface area contributed by atoms with E-state index < -0.39 is 23.0 Å². The van der Waals surface area contributed by atoms with Gasteiger partial charge in [0.25, 0.3) is 0 Å². The molecule has 3 N–H and O–H groups in total. The molecular formula is C10H12N2O4. The number of rotatable bonds is 5.